The molecule has 21 heavy (non-hydrogen) atoms. The first kappa shape index (κ1) is 17.7. The van der Waals surface area contributed by atoms with Gasteiger partial charge in [-0.25, -0.2) is 0 Å². The van der Waals surface area contributed by atoms with Crippen LogP contribution >= 0.6 is 24.0 Å². The summed E-state index contributed by atoms with van der Waals surface area (Å²) in [6.45, 7) is 1.75. The third-order valence-electron chi connectivity index (χ3n) is 3.52. The highest BCUT2D eigenvalue weighted by Crippen LogP contribution is 2.23. The minimum Gasteiger partial charge on any atom is -0.339 e. The maximum Gasteiger partial charge on any atom is 0.271 e. The third kappa shape index (κ3) is 4.30. The van der Waals surface area contributed by atoms with Crippen LogP contribution in [0.15, 0.2) is 18.2 Å². The van der Waals surface area contributed by atoms with Crippen LogP contribution in [0.1, 0.15) is 23.2 Å². The van der Waals surface area contributed by atoms with Crippen molar-refractivity contribution in [3.05, 3.63) is 38.9 Å². The maximum absolute atomic E-state index is 12.4. The molecule has 0 bridgehead atoms. The Labute approximate surface area is 134 Å². The van der Waals surface area contributed by atoms with Gasteiger partial charge in [-0.15, -0.1) is 12.4 Å². The van der Waals surface area contributed by atoms with Crippen LogP contribution in [-0.2, 0) is 0 Å². The molecular formula is C13H17Cl2N3O3. The zero-order valence-electron chi connectivity index (χ0n) is 11.5. The zero-order valence-corrected chi connectivity index (χ0v) is 13.1. The van der Waals surface area contributed by atoms with Crippen LogP contribution in [0.3, 0.4) is 0 Å². The van der Waals surface area contributed by atoms with E-state index in [4.69, 9.17) is 11.6 Å². The maximum atomic E-state index is 12.4. The second kappa shape index (κ2) is 7.59. The van der Waals surface area contributed by atoms with Crippen molar-refractivity contribution in [1.82, 2.24) is 10.2 Å². The van der Waals surface area contributed by atoms with Crippen LogP contribution in [0.25, 0.3) is 0 Å². The molecule has 1 heterocycles. The number of halogens is 2. The fourth-order valence-corrected chi connectivity index (χ4v) is 2.60. The van der Waals surface area contributed by atoms with Crippen LogP contribution in [0.4, 0.5) is 5.69 Å². The van der Waals surface area contributed by atoms with Gasteiger partial charge in [-0.2, -0.15) is 0 Å². The van der Waals surface area contributed by atoms with Crippen LogP contribution in [0.5, 0.6) is 0 Å². The van der Waals surface area contributed by atoms with Gasteiger partial charge in [-0.05, 0) is 32.0 Å². The van der Waals surface area contributed by atoms with Gasteiger partial charge in [0, 0.05) is 35.8 Å². The smallest absolute Gasteiger partial charge is 0.271 e. The summed E-state index contributed by atoms with van der Waals surface area (Å²) in [7, 11) is 1.73. The number of piperidine rings is 1. The van der Waals surface area contributed by atoms with Crippen LogP contribution in [-0.4, -0.2) is 41.9 Å². The summed E-state index contributed by atoms with van der Waals surface area (Å²) >= 11 is 5.84. The highest BCUT2D eigenvalue weighted by molar-refractivity contribution is 6.31. The number of amides is 1. The standard InChI is InChI=1S/C13H16ClN3O3.ClH/c1-16(11-2-4-15-5-3-11)13(18)9-6-10(14)8-12(7-9)17(19)20;/h6-8,11,15H,2-5H2,1H3;1H. The predicted octanol–water partition coefficient (Wildman–Crippen LogP) is 2.49. The molecule has 1 aromatic carbocycles. The number of nitrogens with one attached hydrogen (secondary N) is 1. The highest BCUT2D eigenvalue weighted by atomic mass is 35.5. The van der Waals surface area contributed by atoms with Crippen molar-refractivity contribution < 1.29 is 9.72 Å². The minimum atomic E-state index is -0.548. The minimum absolute atomic E-state index is 0. The van der Waals surface area contributed by atoms with Gasteiger partial charge in [0.2, 0.25) is 0 Å². The largest absolute Gasteiger partial charge is 0.339 e. The van der Waals surface area contributed by atoms with Crippen molar-refractivity contribution in [2.45, 2.75) is 18.9 Å². The molecule has 0 aliphatic carbocycles. The summed E-state index contributed by atoms with van der Waals surface area (Å²) in [6.07, 6.45) is 1.76. The van der Waals surface area contributed by atoms with Crippen LogP contribution < -0.4 is 5.32 Å². The summed E-state index contributed by atoms with van der Waals surface area (Å²) in [5.41, 5.74) is 0.0878. The van der Waals surface area contributed by atoms with E-state index < -0.39 is 4.92 Å². The molecule has 1 N–H and O–H groups in total. The first-order valence-corrected chi connectivity index (χ1v) is 6.79. The Morgan fingerprint density at radius 1 is 1.38 bits per heavy atom. The van der Waals surface area contributed by atoms with Gasteiger partial charge in [0.1, 0.15) is 0 Å². The van der Waals surface area contributed by atoms with Crippen molar-refractivity contribution in [1.29, 1.82) is 0 Å². The molecule has 2 rings (SSSR count). The van der Waals surface area contributed by atoms with Gasteiger partial charge in [0.25, 0.3) is 11.6 Å². The van der Waals surface area contributed by atoms with Crippen molar-refractivity contribution in [2.24, 2.45) is 0 Å². The second-order valence-electron chi connectivity index (χ2n) is 4.85. The molecule has 1 aromatic rings. The lowest BCUT2D eigenvalue weighted by atomic mass is 10.0. The van der Waals surface area contributed by atoms with E-state index in [0.29, 0.717) is 0 Å². The molecule has 0 unspecified atom stereocenters. The van der Waals surface area contributed by atoms with E-state index in [1.165, 1.54) is 18.2 Å². The average molecular weight is 334 g/mol. The van der Waals surface area contributed by atoms with Crippen molar-refractivity contribution >= 4 is 35.6 Å². The van der Waals surface area contributed by atoms with E-state index in [-0.39, 0.29) is 40.6 Å². The van der Waals surface area contributed by atoms with E-state index >= 15 is 0 Å². The third-order valence-corrected chi connectivity index (χ3v) is 3.74. The molecule has 6 nitrogen and oxygen atoms in total. The van der Waals surface area contributed by atoms with Gasteiger partial charge >= 0.3 is 0 Å². The first-order valence-electron chi connectivity index (χ1n) is 6.42. The van der Waals surface area contributed by atoms with Crippen LogP contribution in [0, 0.1) is 10.1 Å². The Hall–Kier alpha value is -1.37. The Morgan fingerprint density at radius 2 is 2.00 bits per heavy atom. The number of nitro benzene ring substituents is 1. The Balaban J connectivity index is 0.00000220. The normalized spacial score (nSPS) is 15.1. The molecule has 1 fully saturated rings. The summed E-state index contributed by atoms with van der Waals surface area (Å²) < 4.78 is 0. The van der Waals surface area contributed by atoms with Crippen molar-refractivity contribution in [2.75, 3.05) is 20.1 Å². The SMILES string of the molecule is CN(C(=O)c1cc(Cl)cc([N+](=O)[O-])c1)C1CCNCC1.Cl. The second-order valence-corrected chi connectivity index (χ2v) is 5.29. The Morgan fingerprint density at radius 3 is 2.57 bits per heavy atom. The lowest BCUT2D eigenvalue weighted by Crippen LogP contribution is -2.43. The molecule has 0 atom stereocenters. The molecule has 1 saturated heterocycles. The fraction of sp³-hybridized carbons (Fsp3) is 0.462. The van der Waals surface area contributed by atoms with Gasteiger partial charge in [-0.3, -0.25) is 14.9 Å². The van der Waals surface area contributed by atoms with Crippen molar-refractivity contribution in [3.8, 4) is 0 Å². The lowest BCUT2D eigenvalue weighted by molar-refractivity contribution is -0.384. The number of nitrogens with zero attached hydrogens (tertiary/aromatic N) is 2. The summed E-state index contributed by atoms with van der Waals surface area (Å²) in [5.74, 6) is -0.234. The van der Waals surface area contributed by atoms with E-state index in [9.17, 15) is 14.9 Å². The number of benzene rings is 1. The number of hydrogen-bond acceptors (Lipinski definition) is 4. The summed E-state index contributed by atoms with van der Waals surface area (Å²) in [6, 6.07) is 4.13. The molecule has 1 aliphatic rings. The molecule has 0 spiro atoms. The Kier molecular flexibility index (Phi) is 6.39. The number of carbonyl (C=O) groups excluding carboxylic acids is 1. The summed E-state index contributed by atoms with van der Waals surface area (Å²) in [4.78, 5) is 24.3. The average Bonchev–Trinajstić information content (AvgIpc) is 2.46. The molecule has 116 valence electrons. The molecule has 0 radical (unpaired) electrons. The molecule has 0 saturated carbocycles. The number of non-ortho nitro benzene ring substituents is 1. The van der Waals surface area contributed by atoms with Crippen molar-refractivity contribution in [3.63, 3.8) is 0 Å². The monoisotopic (exact) mass is 333 g/mol. The number of carbonyl (C=O) groups is 1. The first-order chi connectivity index (χ1) is 9.49. The summed E-state index contributed by atoms with van der Waals surface area (Å²) in [5, 5.41) is 14.2. The van der Waals surface area contributed by atoms with E-state index in [0.717, 1.165) is 25.9 Å². The number of rotatable bonds is 3. The zero-order chi connectivity index (χ0) is 14.7. The molecule has 8 heteroatoms. The number of nitro groups is 1. The molecule has 0 aromatic heterocycles. The number of hydrogen-bond donors (Lipinski definition) is 1. The van der Waals surface area contributed by atoms with E-state index in [1.54, 1.807) is 11.9 Å². The Bertz CT molecular complexity index is 533. The van der Waals surface area contributed by atoms with Gasteiger partial charge in [0.05, 0.1) is 4.92 Å². The highest BCUT2D eigenvalue weighted by Gasteiger charge is 2.24. The lowest BCUT2D eigenvalue weighted by Gasteiger charge is -2.31. The molecular weight excluding hydrogens is 317 g/mol. The van der Waals surface area contributed by atoms with Gasteiger partial charge < -0.3 is 10.2 Å². The van der Waals surface area contributed by atoms with E-state index in [1.807, 2.05) is 0 Å². The van der Waals surface area contributed by atoms with E-state index in [2.05, 4.69) is 5.32 Å². The van der Waals surface area contributed by atoms with Gasteiger partial charge in [-0.1, -0.05) is 11.6 Å². The predicted molar refractivity (Wildman–Crippen MR) is 83.3 cm³/mol. The topological polar surface area (TPSA) is 75.5 Å². The van der Waals surface area contributed by atoms with Gasteiger partial charge in [0.15, 0.2) is 0 Å². The van der Waals surface area contributed by atoms with Crippen LogP contribution in [0.2, 0.25) is 5.02 Å². The molecule has 1 amide bonds. The fourth-order valence-electron chi connectivity index (χ4n) is 2.37. The quantitative estimate of drug-likeness (QED) is 0.681. The molecule has 1 aliphatic heterocycles.